The highest BCUT2D eigenvalue weighted by Crippen LogP contribution is 2.15. The summed E-state index contributed by atoms with van der Waals surface area (Å²) in [4.78, 5) is 26.3. The normalized spacial score (nSPS) is 13.8. The lowest BCUT2D eigenvalue weighted by atomic mass is 10.1. The minimum absolute atomic E-state index is 0.0609. The number of rotatable bonds is 8. The van der Waals surface area contributed by atoms with Crippen molar-refractivity contribution in [2.75, 3.05) is 19.6 Å². The average molecular weight is 329 g/mol. The highest BCUT2D eigenvalue weighted by molar-refractivity contribution is 6.02. The van der Waals surface area contributed by atoms with Crippen LogP contribution in [0.15, 0.2) is 35.4 Å². The molecule has 0 unspecified atom stereocenters. The summed E-state index contributed by atoms with van der Waals surface area (Å²) in [5, 5.41) is 5.94. The van der Waals surface area contributed by atoms with E-state index >= 15 is 0 Å². The van der Waals surface area contributed by atoms with Crippen LogP contribution in [0.2, 0.25) is 0 Å². The fraction of sp³-hybridized carbons (Fsp3) is 0.526. The van der Waals surface area contributed by atoms with Gasteiger partial charge in [-0.25, -0.2) is 5.01 Å². The highest BCUT2D eigenvalue weighted by Gasteiger charge is 2.22. The first-order valence-electron chi connectivity index (χ1n) is 8.86. The number of carbonyl (C=O) groups is 2. The van der Waals surface area contributed by atoms with E-state index < -0.39 is 0 Å². The maximum atomic E-state index is 12.3. The molecule has 0 atom stereocenters. The lowest BCUT2D eigenvalue weighted by Gasteiger charge is -2.20. The molecule has 0 bridgehead atoms. The Bertz CT molecular complexity index is 584. The molecule has 1 aromatic carbocycles. The Labute approximate surface area is 144 Å². The summed E-state index contributed by atoms with van der Waals surface area (Å²) in [5.41, 5.74) is 1.99. The number of hydrogen-bond donors (Lipinski definition) is 0. The maximum Gasteiger partial charge on any atom is 0.243 e. The molecule has 0 spiro atoms. The van der Waals surface area contributed by atoms with Crippen LogP contribution in [0.25, 0.3) is 0 Å². The lowest BCUT2D eigenvalue weighted by Crippen LogP contribution is -2.33. The van der Waals surface area contributed by atoms with Crippen molar-refractivity contribution in [3.8, 4) is 0 Å². The van der Waals surface area contributed by atoms with Crippen LogP contribution < -0.4 is 0 Å². The SMILES string of the molecule is CCCCN(CC)C(=O)CCC(=O)N1CCC(c2ccccc2)=N1. The molecule has 1 aromatic rings. The molecule has 24 heavy (non-hydrogen) atoms. The van der Waals surface area contributed by atoms with Crippen molar-refractivity contribution in [3.05, 3.63) is 35.9 Å². The van der Waals surface area contributed by atoms with Crippen LogP contribution >= 0.6 is 0 Å². The molecule has 0 saturated carbocycles. The van der Waals surface area contributed by atoms with Gasteiger partial charge < -0.3 is 4.90 Å². The van der Waals surface area contributed by atoms with Crippen LogP contribution in [0.1, 0.15) is 51.5 Å². The van der Waals surface area contributed by atoms with E-state index in [9.17, 15) is 9.59 Å². The number of hydrazone groups is 1. The zero-order valence-corrected chi connectivity index (χ0v) is 14.7. The van der Waals surface area contributed by atoms with Crippen LogP contribution in [0, 0.1) is 0 Å². The molecule has 0 fully saturated rings. The van der Waals surface area contributed by atoms with Gasteiger partial charge in [-0.05, 0) is 18.9 Å². The summed E-state index contributed by atoms with van der Waals surface area (Å²) in [6, 6.07) is 9.91. The van der Waals surface area contributed by atoms with Gasteiger partial charge >= 0.3 is 0 Å². The smallest absolute Gasteiger partial charge is 0.243 e. The average Bonchev–Trinajstić information content (AvgIpc) is 3.11. The Morgan fingerprint density at radius 3 is 2.58 bits per heavy atom. The molecular weight excluding hydrogens is 302 g/mol. The second-order valence-corrected chi connectivity index (χ2v) is 6.01. The second kappa shape index (κ2) is 9.21. The molecule has 5 nitrogen and oxygen atoms in total. The summed E-state index contributed by atoms with van der Waals surface area (Å²) in [5.74, 6) is -0.00779. The first-order valence-corrected chi connectivity index (χ1v) is 8.86. The molecule has 1 aliphatic heterocycles. The molecule has 0 aromatic heterocycles. The van der Waals surface area contributed by atoms with Gasteiger partial charge in [-0.2, -0.15) is 5.10 Å². The second-order valence-electron chi connectivity index (χ2n) is 6.01. The fourth-order valence-corrected chi connectivity index (χ4v) is 2.78. The lowest BCUT2D eigenvalue weighted by molar-refractivity contribution is -0.136. The Hall–Kier alpha value is -2.17. The Balaban J connectivity index is 1.85. The number of hydrogen-bond acceptors (Lipinski definition) is 3. The molecule has 0 radical (unpaired) electrons. The van der Waals surface area contributed by atoms with Crippen molar-refractivity contribution in [1.82, 2.24) is 9.91 Å². The molecule has 1 aliphatic rings. The first-order chi connectivity index (χ1) is 11.7. The molecule has 130 valence electrons. The summed E-state index contributed by atoms with van der Waals surface area (Å²) in [6.07, 6.45) is 3.33. The van der Waals surface area contributed by atoms with Gasteiger partial charge in [0.1, 0.15) is 0 Å². The van der Waals surface area contributed by atoms with Crippen molar-refractivity contribution in [2.24, 2.45) is 5.10 Å². The van der Waals surface area contributed by atoms with E-state index in [1.54, 1.807) is 0 Å². The maximum absolute atomic E-state index is 12.3. The molecule has 0 saturated heterocycles. The number of carbonyl (C=O) groups excluding carboxylic acids is 2. The number of benzene rings is 1. The van der Waals surface area contributed by atoms with Gasteiger partial charge in [0.25, 0.3) is 0 Å². The number of nitrogens with zero attached hydrogens (tertiary/aromatic N) is 3. The molecular formula is C19H27N3O2. The fourth-order valence-electron chi connectivity index (χ4n) is 2.78. The van der Waals surface area contributed by atoms with Crippen LogP contribution in [0.4, 0.5) is 0 Å². The first kappa shape index (κ1) is 18.2. The molecule has 2 amide bonds. The van der Waals surface area contributed by atoms with E-state index in [4.69, 9.17) is 0 Å². The van der Waals surface area contributed by atoms with Gasteiger partial charge in [-0.1, -0.05) is 43.7 Å². The molecule has 0 N–H and O–H groups in total. The minimum atomic E-state index is -0.0687. The predicted molar refractivity (Wildman–Crippen MR) is 95.7 cm³/mol. The Kier molecular flexibility index (Phi) is 6.97. The predicted octanol–water partition coefficient (Wildman–Crippen LogP) is 3.05. The van der Waals surface area contributed by atoms with Crippen LogP contribution in [0.3, 0.4) is 0 Å². The third kappa shape index (κ3) is 4.91. The minimum Gasteiger partial charge on any atom is -0.343 e. The van der Waals surface area contributed by atoms with Gasteiger partial charge in [0, 0.05) is 32.4 Å². The van der Waals surface area contributed by atoms with E-state index in [0.717, 1.165) is 37.1 Å². The monoisotopic (exact) mass is 329 g/mol. The third-order valence-corrected chi connectivity index (χ3v) is 4.27. The van der Waals surface area contributed by atoms with Crippen molar-refractivity contribution >= 4 is 17.5 Å². The van der Waals surface area contributed by atoms with E-state index in [1.165, 1.54) is 5.01 Å². The zero-order chi connectivity index (χ0) is 17.4. The van der Waals surface area contributed by atoms with Gasteiger partial charge in [-0.3, -0.25) is 9.59 Å². The van der Waals surface area contributed by atoms with Crippen LogP contribution in [-0.2, 0) is 9.59 Å². The molecule has 0 aliphatic carbocycles. The summed E-state index contributed by atoms with van der Waals surface area (Å²) in [6.45, 7) is 6.17. The molecule has 5 heteroatoms. The number of unbranched alkanes of at least 4 members (excludes halogenated alkanes) is 1. The van der Waals surface area contributed by atoms with E-state index in [-0.39, 0.29) is 24.7 Å². The van der Waals surface area contributed by atoms with Crippen molar-refractivity contribution in [1.29, 1.82) is 0 Å². The van der Waals surface area contributed by atoms with Gasteiger partial charge in [-0.15, -0.1) is 0 Å². The molecule has 2 rings (SSSR count). The third-order valence-electron chi connectivity index (χ3n) is 4.27. The van der Waals surface area contributed by atoms with Crippen molar-refractivity contribution < 1.29 is 9.59 Å². The summed E-state index contributed by atoms with van der Waals surface area (Å²) in [7, 11) is 0. The standard InChI is InChI=1S/C19H27N3O2/c1-3-5-14-21(4-2)18(23)11-12-19(24)22-15-13-17(20-22)16-9-7-6-8-10-16/h6-10H,3-5,11-15H2,1-2H3. The van der Waals surface area contributed by atoms with E-state index in [0.29, 0.717) is 13.1 Å². The van der Waals surface area contributed by atoms with Gasteiger partial charge in [0.15, 0.2) is 0 Å². The summed E-state index contributed by atoms with van der Waals surface area (Å²) < 4.78 is 0. The Morgan fingerprint density at radius 2 is 1.92 bits per heavy atom. The number of amides is 2. The largest absolute Gasteiger partial charge is 0.343 e. The van der Waals surface area contributed by atoms with Crippen molar-refractivity contribution in [3.63, 3.8) is 0 Å². The topological polar surface area (TPSA) is 53.0 Å². The summed E-state index contributed by atoms with van der Waals surface area (Å²) >= 11 is 0. The van der Waals surface area contributed by atoms with Crippen LogP contribution in [-0.4, -0.2) is 47.1 Å². The zero-order valence-electron chi connectivity index (χ0n) is 14.7. The van der Waals surface area contributed by atoms with Gasteiger partial charge in [0.05, 0.1) is 12.3 Å². The quantitative estimate of drug-likeness (QED) is 0.736. The Morgan fingerprint density at radius 1 is 1.17 bits per heavy atom. The van der Waals surface area contributed by atoms with E-state index in [2.05, 4.69) is 12.0 Å². The van der Waals surface area contributed by atoms with Crippen molar-refractivity contribution in [2.45, 2.75) is 46.0 Å². The molecule has 1 heterocycles. The van der Waals surface area contributed by atoms with Gasteiger partial charge in [0.2, 0.25) is 11.8 Å². The van der Waals surface area contributed by atoms with E-state index in [1.807, 2.05) is 42.2 Å². The highest BCUT2D eigenvalue weighted by atomic mass is 16.2. The van der Waals surface area contributed by atoms with Crippen LogP contribution in [0.5, 0.6) is 0 Å².